The average Bonchev–Trinajstić information content (AvgIpc) is 3.31. The van der Waals surface area contributed by atoms with Crippen LogP contribution in [-0.4, -0.2) is 32.5 Å². The Labute approximate surface area is 171 Å². The highest BCUT2D eigenvalue weighted by Gasteiger charge is 2.25. The third-order valence-electron chi connectivity index (χ3n) is 5.57. The quantitative estimate of drug-likeness (QED) is 0.478. The maximum Gasteiger partial charge on any atom is 0.456 e. The van der Waals surface area contributed by atoms with Gasteiger partial charge in [-0.15, -0.1) is 0 Å². The van der Waals surface area contributed by atoms with Gasteiger partial charge >= 0.3 is 13.1 Å². The molecule has 2 aliphatic carbocycles. The Balaban J connectivity index is 1.49. The summed E-state index contributed by atoms with van der Waals surface area (Å²) in [5.74, 6) is -0.204. The number of rotatable bonds is 5. The number of fused-ring (bicyclic) bond motifs is 2. The van der Waals surface area contributed by atoms with Crippen LogP contribution in [0.4, 0.5) is 10.5 Å². The fourth-order valence-electron chi connectivity index (χ4n) is 4.28. The summed E-state index contributed by atoms with van der Waals surface area (Å²) >= 11 is 0. The molecule has 0 spiro atoms. The largest absolute Gasteiger partial charge is 0.508 e. The van der Waals surface area contributed by atoms with Crippen molar-refractivity contribution in [1.82, 2.24) is 4.72 Å². The van der Waals surface area contributed by atoms with E-state index in [9.17, 15) is 14.1 Å². The summed E-state index contributed by atoms with van der Waals surface area (Å²) in [5, 5.41) is 30.9. The second-order valence-corrected chi connectivity index (χ2v) is 8.75. The first-order valence-corrected chi connectivity index (χ1v) is 10.9. The summed E-state index contributed by atoms with van der Waals surface area (Å²) in [4.78, 5) is 12.8. The molecule has 5 N–H and O–H groups in total. The van der Waals surface area contributed by atoms with Crippen LogP contribution in [0.15, 0.2) is 29.2 Å². The molecule has 152 valence electrons. The minimum absolute atomic E-state index is 0.142. The number of aromatic hydroxyl groups is 1. The van der Waals surface area contributed by atoms with Gasteiger partial charge < -0.3 is 20.5 Å². The number of hydrogen-bond donors (Lipinski definition) is 5. The normalized spacial score (nSPS) is 15.5. The Morgan fingerprint density at radius 3 is 2.28 bits per heavy atom. The number of anilines is 1. The van der Waals surface area contributed by atoms with Crippen molar-refractivity contribution >= 4 is 29.8 Å². The molecule has 29 heavy (non-hydrogen) atoms. The minimum atomic E-state index is -1.86. The van der Waals surface area contributed by atoms with Crippen LogP contribution < -0.4 is 10.0 Å². The Hall–Kier alpha value is -2.36. The standard InChI is InChI=1S/C20H23BN2O5S/c24-18-10-15(8-7-14(18)11-21(26)27)29(28)23-20(25)22-19-16-5-1-3-12(16)9-13-4-2-6-17(13)19/h7-10,24,26-27H,1-6,11H2,(H2,22,23,25). The van der Waals surface area contributed by atoms with Crippen molar-refractivity contribution in [2.24, 2.45) is 0 Å². The molecule has 0 saturated carbocycles. The molecule has 1 atom stereocenters. The van der Waals surface area contributed by atoms with Crippen LogP contribution in [0.3, 0.4) is 0 Å². The van der Waals surface area contributed by atoms with Crippen LogP contribution in [0, 0.1) is 0 Å². The zero-order valence-electron chi connectivity index (χ0n) is 15.9. The van der Waals surface area contributed by atoms with E-state index >= 15 is 0 Å². The van der Waals surface area contributed by atoms with Crippen molar-refractivity contribution in [3.8, 4) is 5.75 Å². The van der Waals surface area contributed by atoms with Crippen molar-refractivity contribution in [2.75, 3.05) is 5.32 Å². The van der Waals surface area contributed by atoms with Gasteiger partial charge in [-0.05, 0) is 78.5 Å². The number of aryl methyl sites for hydroxylation is 2. The number of urea groups is 1. The molecule has 2 aromatic carbocycles. The van der Waals surface area contributed by atoms with E-state index in [4.69, 9.17) is 10.0 Å². The SMILES string of the molecule is O=C(Nc1c2c(cc3c1CCC3)CCC2)NS(=O)c1ccc(CB(O)O)c(O)c1. The van der Waals surface area contributed by atoms with Crippen molar-refractivity contribution in [2.45, 2.75) is 49.7 Å². The molecule has 0 aromatic heterocycles. The van der Waals surface area contributed by atoms with Gasteiger partial charge in [-0.1, -0.05) is 12.1 Å². The summed E-state index contributed by atoms with van der Waals surface area (Å²) < 4.78 is 15.0. The van der Waals surface area contributed by atoms with Gasteiger partial charge in [0.2, 0.25) is 0 Å². The number of hydrogen-bond acceptors (Lipinski definition) is 5. The maximum absolute atomic E-state index is 12.5. The number of phenols is 1. The lowest BCUT2D eigenvalue weighted by molar-refractivity contribution is 0.257. The van der Waals surface area contributed by atoms with Crippen molar-refractivity contribution in [1.29, 1.82) is 0 Å². The molecule has 4 rings (SSSR count). The number of nitrogens with one attached hydrogen (secondary N) is 2. The zero-order valence-corrected chi connectivity index (χ0v) is 16.7. The molecule has 0 radical (unpaired) electrons. The Bertz CT molecular complexity index is 963. The predicted octanol–water partition coefficient (Wildman–Crippen LogP) is 1.77. The molecule has 7 nitrogen and oxygen atoms in total. The minimum Gasteiger partial charge on any atom is -0.508 e. The summed E-state index contributed by atoms with van der Waals surface area (Å²) in [7, 11) is -3.45. The highest BCUT2D eigenvalue weighted by atomic mass is 32.2. The van der Waals surface area contributed by atoms with Gasteiger partial charge in [-0.3, -0.25) is 4.72 Å². The number of amides is 2. The van der Waals surface area contributed by atoms with E-state index in [2.05, 4.69) is 16.1 Å². The van der Waals surface area contributed by atoms with Gasteiger partial charge in [0.25, 0.3) is 0 Å². The van der Waals surface area contributed by atoms with E-state index in [1.165, 1.54) is 40.5 Å². The predicted molar refractivity (Wildman–Crippen MR) is 111 cm³/mol. The molecule has 2 aromatic rings. The number of phenolic OH excluding ortho intramolecular Hbond substituents is 1. The maximum atomic E-state index is 12.5. The van der Waals surface area contributed by atoms with Gasteiger partial charge in [0, 0.05) is 12.0 Å². The highest BCUT2D eigenvalue weighted by molar-refractivity contribution is 7.83. The summed E-state index contributed by atoms with van der Waals surface area (Å²) in [6, 6.07) is 5.92. The van der Waals surface area contributed by atoms with Gasteiger partial charge in [0.1, 0.15) is 5.75 Å². The third-order valence-corrected chi connectivity index (χ3v) is 6.62. The number of benzene rings is 2. The van der Waals surface area contributed by atoms with Gasteiger partial charge in [-0.2, -0.15) is 0 Å². The Kier molecular flexibility index (Phi) is 5.62. The highest BCUT2D eigenvalue weighted by Crippen LogP contribution is 2.38. The second-order valence-electron chi connectivity index (χ2n) is 7.53. The molecule has 0 aliphatic heterocycles. The summed E-state index contributed by atoms with van der Waals surface area (Å²) in [6.07, 6.45) is 5.94. The van der Waals surface area contributed by atoms with Gasteiger partial charge in [0.15, 0.2) is 11.0 Å². The molecular formula is C20H23BN2O5S. The monoisotopic (exact) mass is 414 g/mol. The van der Waals surface area contributed by atoms with Gasteiger partial charge in [0.05, 0.1) is 4.90 Å². The molecule has 2 aliphatic rings. The van der Waals surface area contributed by atoms with Crippen LogP contribution in [0.1, 0.15) is 40.7 Å². The third kappa shape index (κ3) is 4.17. The molecule has 0 saturated heterocycles. The van der Waals surface area contributed by atoms with E-state index in [-0.39, 0.29) is 17.0 Å². The summed E-state index contributed by atoms with van der Waals surface area (Å²) in [6.45, 7) is 0. The van der Waals surface area contributed by atoms with Crippen LogP contribution in [-0.2, 0) is 43.0 Å². The molecule has 2 amide bonds. The molecule has 0 bridgehead atoms. The van der Waals surface area contributed by atoms with Crippen molar-refractivity contribution in [3.05, 3.63) is 52.1 Å². The van der Waals surface area contributed by atoms with E-state index in [0.717, 1.165) is 44.2 Å². The zero-order chi connectivity index (χ0) is 20.5. The van der Waals surface area contributed by atoms with E-state index in [1.54, 1.807) is 0 Å². The first-order valence-electron chi connectivity index (χ1n) is 9.76. The number of carbonyl (C=O) groups is 1. The van der Waals surface area contributed by atoms with E-state index < -0.39 is 24.1 Å². The lowest BCUT2D eigenvalue weighted by atomic mass is 9.82. The van der Waals surface area contributed by atoms with Crippen LogP contribution in [0.25, 0.3) is 0 Å². The lowest BCUT2D eigenvalue weighted by Crippen LogP contribution is -2.31. The first kappa shape index (κ1) is 19.9. The van der Waals surface area contributed by atoms with E-state index in [0.29, 0.717) is 5.56 Å². The van der Waals surface area contributed by atoms with Crippen molar-refractivity contribution < 1.29 is 24.2 Å². The van der Waals surface area contributed by atoms with Crippen LogP contribution in [0.5, 0.6) is 5.75 Å². The second kappa shape index (κ2) is 8.18. The molecule has 0 fully saturated rings. The summed E-state index contributed by atoms with van der Waals surface area (Å²) in [5.41, 5.74) is 6.17. The van der Waals surface area contributed by atoms with Crippen LogP contribution >= 0.6 is 0 Å². The fraction of sp³-hybridized carbons (Fsp3) is 0.350. The van der Waals surface area contributed by atoms with Gasteiger partial charge in [-0.25, -0.2) is 9.00 Å². The molecule has 0 heterocycles. The molecule has 1 unspecified atom stereocenters. The number of carbonyl (C=O) groups excluding carboxylic acids is 1. The molecular weight excluding hydrogens is 391 g/mol. The molecule has 9 heteroatoms. The Morgan fingerprint density at radius 1 is 1.03 bits per heavy atom. The lowest BCUT2D eigenvalue weighted by Gasteiger charge is -2.16. The topological polar surface area (TPSA) is 119 Å². The van der Waals surface area contributed by atoms with Crippen LogP contribution in [0.2, 0.25) is 0 Å². The van der Waals surface area contributed by atoms with E-state index in [1.807, 2.05) is 0 Å². The average molecular weight is 414 g/mol. The first-order chi connectivity index (χ1) is 13.9. The van der Waals surface area contributed by atoms with Crippen molar-refractivity contribution in [3.63, 3.8) is 0 Å². The smallest absolute Gasteiger partial charge is 0.456 e. The fourth-order valence-corrected chi connectivity index (χ4v) is 5.03. The Morgan fingerprint density at radius 2 is 1.69 bits per heavy atom.